The van der Waals surface area contributed by atoms with Crippen molar-refractivity contribution in [3.05, 3.63) is 87.5 Å². The number of carbonyl (C=O) groups is 1. The first-order valence-corrected chi connectivity index (χ1v) is 7.97. The lowest BCUT2D eigenvalue weighted by Gasteiger charge is -2.04. The maximum atomic E-state index is 12.2. The second kappa shape index (κ2) is 8.94. The Morgan fingerprint density at radius 1 is 1.23 bits per heavy atom. The van der Waals surface area contributed by atoms with Crippen LogP contribution in [0.2, 0.25) is 0 Å². The lowest BCUT2D eigenvalue weighted by Crippen LogP contribution is -2.13. The van der Waals surface area contributed by atoms with Gasteiger partial charge in [0.05, 0.1) is 10.5 Å². The summed E-state index contributed by atoms with van der Waals surface area (Å²) in [7, 11) is 0. The third-order valence-electron chi connectivity index (χ3n) is 3.66. The number of nitro groups is 1. The summed E-state index contributed by atoms with van der Waals surface area (Å²) in [5.41, 5.74) is 1.99. The van der Waals surface area contributed by atoms with Gasteiger partial charge in [-0.25, -0.2) is 0 Å². The number of aryl methyl sites for hydroxylation is 1. The van der Waals surface area contributed by atoms with Crippen LogP contribution < -0.4 is 5.32 Å². The van der Waals surface area contributed by atoms with Gasteiger partial charge in [-0.05, 0) is 42.3 Å². The summed E-state index contributed by atoms with van der Waals surface area (Å²) in [5, 5.41) is 22.8. The van der Waals surface area contributed by atoms with Gasteiger partial charge in [0.15, 0.2) is 0 Å². The summed E-state index contributed by atoms with van der Waals surface area (Å²) in [4.78, 5) is 22.7. The molecule has 1 amide bonds. The van der Waals surface area contributed by atoms with Gasteiger partial charge >= 0.3 is 0 Å². The summed E-state index contributed by atoms with van der Waals surface area (Å²) < 4.78 is 0. The predicted octanol–water partition coefficient (Wildman–Crippen LogP) is 4.26. The molecule has 0 unspecified atom stereocenters. The third-order valence-corrected chi connectivity index (χ3v) is 3.66. The molecule has 0 bridgehead atoms. The van der Waals surface area contributed by atoms with Crippen molar-refractivity contribution < 1.29 is 9.72 Å². The molecule has 0 radical (unpaired) electrons. The number of nitro benzene ring substituents is 1. The number of nitrogens with one attached hydrogen (secondary N) is 1. The molecule has 6 heteroatoms. The Morgan fingerprint density at radius 2 is 1.92 bits per heavy atom. The molecule has 0 heterocycles. The number of rotatable bonds is 6. The quantitative estimate of drug-likeness (QED) is 0.278. The molecule has 0 aliphatic heterocycles. The molecule has 0 saturated carbocycles. The molecule has 0 aliphatic rings. The highest BCUT2D eigenvalue weighted by molar-refractivity contribution is 6.06. The number of anilines is 1. The molecule has 2 aromatic rings. The Bertz CT molecular complexity index is 907. The number of hydrogen-bond acceptors (Lipinski definition) is 4. The summed E-state index contributed by atoms with van der Waals surface area (Å²) in [5.74, 6) is -0.538. The van der Waals surface area contributed by atoms with Crippen molar-refractivity contribution in [2.45, 2.75) is 13.3 Å². The van der Waals surface area contributed by atoms with Gasteiger partial charge in [-0.2, -0.15) is 5.26 Å². The van der Waals surface area contributed by atoms with Crippen LogP contribution in [0.3, 0.4) is 0 Å². The molecule has 26 heavy (non-hydrogen) atoms. The van der Waals surface area contributed by atoms with Crippen molar-refractivity contribution in [1.29, 1.82) is 5.26 Å². The van der Waals surface area contributed by atoms with E-state index in [0.717, 1.165) is 12.0 Å². The predicted molar refractivity (Wildman–Crippen MR) is 100 cm³/mol. The fourth-order valence-electron chi connectivity index (χ4n) is 2.23. The summed E-state index contributed by atoms with van der Waals surface area (Å²) in [6, 6.07) is 15.4. The van der Waals surface area contributed by atoms with Crippen LogP contribution in [0.4, 0.5) is 11.4 Å². The average molecular weight is 347 g/mol. The second-order valence-corrected chi connectivity index (χ2v) is 5.37. The van der Waals surface area contributed by atoms with E-state index in [1.807, 2.05) is 25.1 Å². The van der Waals surface area contributed by atoms with E-state index in [1.165, 1.54) is 24.3 Å². The number of allylic oxidation sites excluding steroid dienone is 2. The number of hydrogen-bond donors (Lipinski definition) is 1. The molecule has 0 fully saturated rings. The topological polar surface area (TPSA) is 96.0 Å². The number of benzene rings is 2. The molecule has 2 aromatic carbocycles. The maximum absolute atomic E-state index is 12.2. The molecule has 0 aliphatic carbocycles. The second-order valence-electron chi connectivity index (χ2n) is 5.37. The summed E-state index contributed by atoms with van der Waals surface area (Å²) in [6.45, 7) is 2.04. The summed E-state index contributed by atoms with van der Waals surface area (Å²) >= 11 is 0. The van der Waals surface area contributed by atoms with Crippen LogP contribution in [0.15, 0.2) is 66.3 Å². The van der Waals surface area contributed by atoms with Crippen molar-refractivity contribution in [2.75, 3.05) is 5.32 Å². The first-order chi connectivity index (χ1) is 12.5. The average Bonchev–Trinajstić information content (AvgIpc) is 2.66. The Morgan fingerprint density at radius 3 is 2.54 bits per heavy atom. The molecule has 0 atom stereocenters. The maximum Gasteiger partial charge on any atom is 0.276 e. The third kappa shape index (κ3) is 4.89. The zero-order chi connectivity index (χ0) is 18.9. The van der Waals surface area contributed by atoms with Crippen molar-refractivity contribution >= 4 is 23.4 Å². The van der Waals surface area contributed by atoms with Gasteiger partial charge in [0.2, 0.25) is 0 Å². The minimum absolute atomic E-state index is 0.0453. The molecule has 2 rings (SSSR count). The fourth-order valence-corrected chi connectivity index (χ4v) is 2.23. The van der Waals surface area contributed by atoms with Crippen LogP contribution in [0.25, 0.3) is 6.08 Å². The molecule has 0 aromatic heterocycles. The van der Waals surface area contributed by atoms with Crippen molar-refractivity contribution in [1.82, 2.24) is 0 Å². The highest BCUT2D eigenvalue weighted by Crippen LogP contribution is 2.19. The Kier molecular flexibility index (Phi) is 6.40. The highest BCUT2D eigenvalue weighted by atomic mass is 16.6. The van der Waals surface area contributed by atoms with E-state index in [9.17, 15) is 20.2 Å². The number of nitriles is 1. The molecular weight excluding hydrogens is 330 g/mol. The zero-order valence-electron chi connectivity index (χ0n) is 14.2. The van der Waals surface area contributed by atoms with Crippen LogP contribution in [0.5, 0.6) is 0 Å². The SMILES string of the molecule is CCc1ccc(NC(=O)/C(C#N)=C/C=C/c2ccccc2[N+](=O)[O-])cc1. The van der Waals surface area contributed by atoms with Gasteiger partial charge in [-0.1, -0.05) is 37.3 Å². The minimum Gasteiger partial charge on any atom is -0.321 e. The van der Waals surface area contributed by atoms with E-state index in [0.29, 0.717) is 11.3 Å². The van der Waals surface area contributed by atoms with Gasteiger partial charge in [-0.15, -0.1) is 0 Å². The van der Waals surface area contributed by atoms with E-state index in [2.05, 4.69) is 5.32 Å². The first-order valence-electron chi connectivity index (χ1n) is 7.97. The normalized spacial score (nSPS) is 11.2. The van der Waals surface area contributed by atoms with Gasteiger partial charge in [-0.3, -0.25) is 14.9 Å². The molecule has 0 saturated heterocycles. The Labute approximate surface area is 151 Å². The first kappa shape index (κ1) is 18.6. The van der Waals surface area contributed by atoms with E-state index >= 15 is 0 Å². The number of carbonyl (C=O) groups excluding carboxylic acids is 1. The molecule has 1 N–H and O–H groups in total. The zero-order valence-corrected chi connectivity index (χ0v) is 14.2. The molecule has 130 valence electrons. The fraction of sp³-hybridized carbons (Fsp3) is 0.100. The van der Waals surface area contributed by atoms with Gasteiger partial charge < -0.3 is 5.32 Å². The van der Waals surface area contributed by atoms with Crippen molar-refractivity contribution in [3.63, 3.8) is 0 Å². The Balaban J connectivity index is 2.13. The molecular formula is C20H17N3O3. The van der Waals surface area contributed by atoms with Crippen LogP contribution in [-0.4, -0.2) is 10.8 Å². The monoisotopic (exact) mass is 347 g/mol. The number of nitrogens with zero attached hydrogens (tertiary/aromatic N) is 2. The van der Waals surface area contributed by atoms with Crippen molar-refractivity contribution in [3.8, 4) is 6.07 Å². The van der Waals surface area contributed by atoms with Gasteiger partial charge in [0.25, 0.3) is 11.6 Å². The number of para-hydroxylation sites is 1. The van der Waals surface area contributed by atoms with Crippen LogP contribution in [0, 0.1) is 21.4 Å². The molecule has 6 nitrogen and oxygen atoms in total. The smallest absolute Gasteiger partial charge is 0.276 e. The Hall–Kier alpha value is -3.72. The van der Waals surface area contributed by atoms with Crippen molar-refractivity contribution in [2.24, 2.45) is 0 Å². The van der Waals surface area contributed by atoms with E-state index in [1.54, 1.807) is 30.3 Å². The molecule has 0 spiro atoms. The number of amides is 1. The van der Waals surface area contributed by atoms with E-state index in [4.69, 9.17) is 0 Å². The van der Waals surface area contributed by atoms with E-state index in [-0.39, 0.29) is 11.3 Å². The summed E-state index contributed by atoms with van der Waals surface area (Å²) in [6.07, 6.45) is 5.15. The van der Waals surface area contributed by atoms with E-state index < -0.39 is 10.8 Å². The largest absolute Gasteiger partial charge is 0.321 e. The highest BCUT2D eigenvalue weighted by Gasteiger charge is 2.10. The van der Waals surface area contributed by atoms with Crippen LogP contribution >= 0.6 is 0 Å². The standard InChI is InChI=1S/C20H17N3O3/c1-2-15-10-12-18(13-11-15)22-20(24)17(14-21)8-5-7-16-6-3-4-9-19(16)23(25)26/h3-13H,2H2,1H3,(H,22,24)/b7-5+,17-8+. The van der Waals surface area contributed by atoms with Gasteiger partial charge in [0.1, 0.15) is 11.6 Å². The van der Waals surface area contributed by atoms with Gasteiger partial charge in [0, 0.05) is 11.8 Å². The lowest BCUT2D eigenvalue weighted by atomic mass is 10.1. The van der Waals surface area contributed by atoms with Crippen LogP contribution in [0.1, 0.15) is 18.1 Å². The lowest BCUT2D eigenvalue weighted by molar-refractivity contribution is -0.385. The minimum atomic E-state index is -0.538. The van der Waals surface area contributed by atoms with Crippen LogP contribution in [-0.2, 0) is 11.2 Å².